The Balaban J connectivity index is 1.68. The number of ether oxygens (including phenoxy) is 1. The van der Waals surface area contributed by atoms with Crippen molar-refractivity contribution in [3.8, 4) is 0 Å². The Morgan fingerprint density at radius 2 is 1.49 bits per heavy atom. The average Bonchev–Trinajstić information content (AvgIpc) is 3.57. The number of hydrogen-bond acceptors (Lipinski definition) is 6. The predicted molar refractivity (Wildman–Crippen MR) is 164 cm³/mol. The monoisotopic (exact) mass is 589 g/mol. The molecule has 3 amide bonds. The number of amides is 3. The average molecular weight is 590 g/mol. The molecule has 1 aliphatic rings. The van der Waals surface area contributed by atoms with Gasteiger partial charge in [-0.05, 0) is 43.2 Å². The van der Waals surface area contributed by atoms with Crippen molar-refractivity contribution in [3.63, 3.8) is 0 Å². The lowest BCUT2D eigenvalue weighted by Gasteiger charge is -2.25. The third-order valence-electron chi connectivity index (χ3n) is 7.50. The fraction of sp³-hybridized carbons (Fsp3) is 0.412. The van der Waals surface area contributed by atoms with E-state index in [1.807, 2.05) is 36.4 Å². The van der Waals surface area contributed by atoms with Gasteiger partial charge in [-0.2, -0.15) is 0 Å². The highest BCUT2D eigenvalue weighted by Crippen LogP contribution is 2.20. The van der Waals surface area contributed by atoms with Gasteiger partial charge in [0.25, 0.3) is 0 Å². The summed E-state index contributed by atoms with van der Waals surface area (Å²) in [4.78, 5) is 54.3. The molecule has 1 unspecified atom stereocenters. The summed E-state index contributed by atoms with van der Waals surface area (Å²) in [5.74, 6) is -3.53. The van der Waals surface area contributed by atoms with Crippen molar-refractivity contribution in [2.45, 2.75) is 50.6 Å². The van der Waals surface area contributed by atoms with Crippen LogP contribution in [0.4, 0.5) is 0 Å². The van der Waals surface area contributed by atoms with E-state index in [9.17, 15) is 24.3 Å². The number of allylic oxidation sites excluding steroid dienone is 2. The van der Waals surface area contributed by atoms with E-state index in [2.05, 4.69) is 23.8 Å². The van der Waals surface area contributed by atoms with Crippen LogP contribution in [0.25, 0.3) is 0 Å². The third kappa shape index (κ3) is 10.5. The zero-order chi connectivity index (χ0) is 31.0. The first kappa shape index (κ1) is 33.3. The van der Waals surface area contributed by atoms with E-state index in [0.717, 1.165) is 18.4 Å². The van der Waals surface area contributed by atoms with Crippen LogP contribution in [0.5, 0.6) is 0 Å². The molecule has 2 aromatic rings. The molecule has 230 valence electrons. The molecule has 4 atom stereocenters. The fourth-order valence-corrected chi connectivity index (χ4v) is 5.09. The Hall–Kier alpha value is -4.24. The van der Waals surface area contributed by atoms with Gasteiger partial charge in [0, 0.05) is 19.5 Å². The van der Waals surface area contributed by atoms with E-state index in [-0.39, 0.29) is 38.4 Å². The number of carbonyl (C=O) groups is 4. The molecular formula is C34H43N3O6. The van der Waals surface area contributed by atoms with Crippen LogP contribution in [0.15, 0.2) is 86.0 Å². The molecule has 9 heteroatoms. The first-order chi connectivity index (χ1) is 20.9. The predicted octanol–water partition coefficient (Wildman–Crippen LogP) is 3.50. The first-order valence-electron chi connectivity index (χ1n) is 14.8. The van der Waals surface area contributed by atoms with E-state index in [0.29, 0.717) is 25.1 Å². The van der Waals surface area contributed by atoms with Crippen LogP contribution in [0.2, 0.25) is 0 Å². The summed E-state index contributed by atoms with van der Waals surface area (Å²) in [6.07, 6.45) is 5.79. The van der Waals surface area contributed by atoms with Crippen LogP contribution in [-0.2, 0) is 30.3 Å². The topological polar surface area (TPSA) is 125 Å². The normalized spacial score (nSPS) is 15.4. The van der Waals surface area contributed by atoms with Crippen molar-refractivity contribution in [1.29, 1.82) is 0 Å². The lowest BCUT2D eigenvalue weighted by Crippen LogP contribution is -2.48. The van der Waals surface area contributed by atoms with Gasteiger partial charge < -0.3 is 25.4 Å². The highest BCUT2D eigenvalue weighted by molar-refractivity contribution is 6.00. The molecule has 0 aliphatic carbocycles. The van der Waals surface area contributed by atoms with Crippen molar-refractivity contribution in [1.82, 2.24) is 15.5 Å². The molecule has 9 nitrogen and oxygen atoms in total. The quantitative estimate of drug-likeness (QED) is 0.147. The molecule has 0 spiro atoms. The summed E-state index contributed by atoms with van der Waals surface area (Å²) in [5, 5.41) is 15.5. The molecule has 3 rings (SSSR count). The molecule has 1 saturated heterocycles. The van der Waals surface area contributed by atoms with Gasteiger partial charge in [0.1, 0.15) is 12.5 Å². The van der Waals surface area contributed by atoms with Gasteiger partial charge in [-0.25, -0.2) is 0 Å². The fourth-order valence-electron chi connectivity index (χ4n) is 5.09. The summed E-state index contributed by atoms with van der Waals surface area (Å²) in [7, 11) is 0. The van der Waals surface area contributed by atoms with Crippen LogP contribution in [0.1, 0.15) is 49.3 Å². The standard InChI is InChI=1S/C34H43N3O6/c1-3-13-27(22-31(39)37-19-11-12-20-37)34(42)43-24-30(26-17-9-6-10-18-26)36-33(41)29(14-4-2)32(40)35-28(23-38)21-25-15-7-5-8-16-25/h3-10,15-18,27-30,38H,1-2,11-14,19-24H2,(H,35,40)(H,36,41)/t27-,28-,29?,30-/m1/s1. The smallest absolute Gasteiger partial charge is 0.309 e. The lowest BCUT2D eigenvalue weighted by molar-refractivity contribution is -0.152. The highest BCUT2D eigenvalue weighted by atomic mass is 16.5. The molecule has 0 saturated carbocycles. The SMILES string of the molecule is C=CCC(C(=O)N[C@@H](CO)Cc1ccccc1)C(=O)N[C@H](COC(=O)[C@H](CC=C)CC(=O)N1CCCC1)c1ccccc1. The number of benzene rings is 2. The van der Waals surface area contributed by atoms with Crippen LogP contribution < -0.4 is 10.6 Å². The second kappa shape index (κ2) is 17.7. The van der Waals surface area contributed by atoms with E-state index in [1.165, 1.54) is 6.08 Å². The first-order valence-corrected chi connectivity index (χ1v) is 14.8. The Morgan fingerprint density at radius 1 is 0.884 bits per heavy atom. The number of carbonyl (C=O) groups excluding carboxylic acids is 4. The highest BCUT2D eigenvalue weighted by Gasteiger charge is 2.31. The van der Waals surface area contributed by atoms with Gasteiger partial charge in [-0.15, -0.1) is 13.2 Å². The number of aliphatic hydroxyl groups excluding tert-OH is 1. The van der Waals surface area contributed by atoms with Crippen molar-refractivity contribution < 1.29 is 29.0 Å². The lowest BCUT2D eigenvalue weighted by atomic mass is 9.99. The molecule has 0 radical (unpaired) electrons. The summed E-state index contributed by atoms with van der Waals surface area (Å²) in [6.45, 7) is 8.34. The minimum atomic E-state index is -1.11. The van der Waals surface area contributed by atoms with E-state index < -0.39 is 41.7 Å². The van der Waals surface area contributed by atoms with Gasteiger partial charge >= 0.3 is 5.97 Å². The largest absolute Gasteiger partial charge is 0.463 e. The van der Waals surface area contributed by atoms with Crippen LogP contribution in [0, 0.1) is 11.8 Å². The Bertz CT molecular complexity index is 1210. The van der Waals surface area contributed by atoms with Crippen molar-refractivity contribution in [2.24, 2.45) is 11.8 Å². The summed E-state index contributed by atoms with van der Waals surface area (Å²) in [6, 6.07) is 17.1. The Morgan fingerprint density at radius 3 is 2.09 bits per heavy atom. The number of likely N-dealkylation sites (tertiary alicyclic amines) is 1. The van der Waals surface area contributed by atoms with Crippen molar-refractivity contribution in [2.75, 3.05) is 26.3 Å². The summed E-state index contributed by atoms with van der Waals surface area (Å²) >= 11 is 0. The Kier molecular flexibility index (Phi) is 13.7. The van der Waals surface area contributed by atoms with Gasteiger partial charge in [-0.3, -0.25) is 19.2 Å². The van der Waals surface area contributed by atoms with Gasteiger partial charge in [0.2, 0.25) is 17.7 Å². The molecule has 1 heterocycles. The van der Waals surface area contributed by atoms with Gasteiger partial charge in [-0.1, -0.05) is 72.8 Å². The third-order valence-corrected chi connectivity index (χ3v) is 7.50. The van der Waals surface area contributed by atoms with Crippen molar-refractivity contribution >= 4 is 23.7 Å². The Labute approximate surface area is 254 Å². The molecule has 0 bridgehead atoms. The molecule has 2 aromatic carbocycles. The van der Waals surface area contributed by atoms with E-state index in [4.69, 9.17) is 4.74 Å². The minimum absolute atomic E-state index is 0.0315. The minimum Gasteiger partial charge on any atom is -0.463 e. The number of nitrogens with one attached hydrogen (secondary N) is 2. The second-order valence-corrected chi connectivity index (χ2v) is 10.8. The second-order valence-electron chi connectivity index (χ2n) is 10.8. The maximum atomic E-state index is 13.5. The number of aliphatic hydroxyl groups is 1. The number of rotatable bonds is 17. The molecule has 0 aromatic heterocycles. The van der Waals surface area contributed by atoms with E-state index in [1.54, 1.807) is 35.2 Å². The van der Waals surface area contributed by atoms with E-state index >= 15 is 0 Å². The van der Waals surface area contributed by atoms with Crippen molar-refractivity contribution in [3.05, 3.63) is 97.1 Å². The molecule has 1 fully saturated rings. The maximum absolute atomic E-state index is 13.5. The summed E-state index contributed by atoms with van der Waals surface area (Å²) in [5.41, 5.74) is 1.63. The van der Waals surface area contributed by atoms with Gasteiger partial charge in [0.15, 0.2) is 0 Å². The van der Waals surface area contributed by atoms with Gasteiger partial charge in [0.05, 0.1) is 24.6 Å². The molecule has 3 N–H and O–H groups in total. The van der Waals surface area contributed by atoms with Crippen LogP contribution >= 0.6 is 0 Å². The number of hydrogen-bond donors (Lipinski definition) is 3. The maximum Gasteiger partial charge on any atom is 0.309 e. The zero-order valence-electron chi connectivity index (χ0n) is 24.7. The number of esters is 1. The molecule has 1 aliphatic heterocycles. The summed E-state index contributed by atoms with van der Waals surface area (Å²) < 4.78 is 5.66. The molecular weight excluding hydrogens is 546 g/mol. The van der Waals surface area contributed by atoms with Crippen LogP contribution in [-0.4, -0.2) is 66.0 Å². The zero-order valence-corrected chi connectivity index (χ0v) is 24.7. The van der Waals surface area contributed by atoms with Crippen LogP contribution in [0.3, 0.4) is 0 Å². The molecule has 43 heavy (non-hydrogen) atoms. The number of nitrogens with zero attached hydrogens (tertiary/aromatic N) is 1.